The molecule has 72 valence electrons. The van der Waals surface area contributed by atoms with Crippen LogP contribution in [-0.2, 0) is 0 Å². The van der Waals surface area contributed by atoms with Gasteiger partial charge < -0.3 is 17.6 Å². The molecular formula is C7H16ClN3O. The molecule has 0 rings (SSSR count). The Bertz CT molecular complexity index is 164. The van der Waals surface area contributed by atoms with Crippen molar-refractivity contribution < 1.29 is 22.2 Å². The van der Waals surface area contributed by atoms with E-state index in [1.165, 1.54) is 6.21 Å². The molecule has 0 saturated carbocycles. The quantitative estimate of drug-likeness (QED) is 0.166. The molecule has 4 nitrogen and oxygen atoms in total. The average molecular weight is 194 g/mol. The first-order valence-corrected chi connectivity index (χ1v) is 3.68. The molecular weight excluding hydrogens is 178 g/mol. The summed E-state index contributed by atoms with van der Waals surface area (Å²) in [6.07, 6.45) is 2.44. The van der Waals surface area contributed by atoms with E-state index in [0.29, 0.717) is 0 Å². The van der Waals surface area contributed by atoms with Gasteiger partial charge in [0, 0.05) is 0 Å². The number of halogens is 1. The normalized spacial score (nSPS) is 9.25. The lowest BCUT2D eigenvalue weighted by Gasteiger charge is -1.98. The second kappa shape index (κ2) is 8.33. The predicted octanol–water partition coefficient (Wildman–Crippen LogP) is -2.88. The highest BCUT2D eigenvalue weighted by Crippen LogP contribution is 1.72. The highest BCUT2D eigenvalue weighted by Gasteiger charge is 2.01. The Morgan fingerprint density at radius 1 is 1.58 bits per heavy atom. The fraction of sp³-hybridized carbons (Fsp3) is 0.714. The summed E-state index contributed by atoms with van der Waals surface area (Å²) in [6.45, 7) is 2.97. The number of amidine groups is 1. The summed E-state index contributed by atoms with van der Waals surface area (Å²) in [5.74, 6) is 0.814. The molecule has 0 aliphatic heterocycles. The van der Waals surface area contributed by atoms with Gasteiger partial charge in [-0.3, -0.25) is 9.89 Å². The zero-order valence-electron chi connectivity index (χ0n) is 7.71. The summed E-state index contributed by atoms with van der Waals surface area (Å²) < 4.78 is 1.86. The average Bonchev–Trinajstić information content (AvgIpc) is 1.97. The summed E-state index contributed by atoms with van der Waals surface area (Å²) in [6, 6.07) is 0. The van der Waals surface area contributed by atoms with Crippen LogP contribution < -0.4 is 17.7 Å². The Labute approximate surface area is 79.4 Å². The molecule has 0 saturated heterocycles. The van der Waals surface area contributed by atoms with Crippen molar-refractivity contribution in [1.82, 2.24) is 5.32 Å². The molecule has 0 bridgehead atoms. The number of oxime groups is 1. The van der Waals surface area contributed by atoms with Crippen molar-refractivity contribution in [3.05, 3.63) is 0 Å². The van der Waals surface area contributed by atoms with E-state index in [4.69, 9.17) is 5.21 Å². The van der Waals surface area contributed by atoms with E-state index in [9.17, 15) is 0 Å². The van der Waals surface area contributed by atoms with E-state index in [1.807, 2.05) is 18.7 Å². The van der Waals surface area contributed by atoms with Gasteiger partial charge in [0.05, 0.1) is 20.6 Å². The number of nitrogens with one attached hydrogen (secondary N) is 1. The molecule has 0 aromatic rings. The van der Waals surface area contributed by atoms with Crippen molar-refractivity contribution in [2.45, 2.75) is 13.3 Å². The van der Waals surface area contributed by atoms with Crippen molar-refractivity contribution in [3.8, 4) is 0 Å². The minimum atomic E-state index is 0. The third-order valence-corrected chi connectivity index (χ3v) is 1.22. The van der Waals surface area contributed by atoms with Gasteiger partial charge in [-0.2, -0.15) is 0 Å². The fourth-order valence-corrected chi connectivity index (χ4v) is 0.627. The summed E-state index contributed by atoms with van der Waals surface area (Å²) in [4.78, 5) is 0. The first kappa shape index (κ1) is 13.8. The van der Waals surface area contributed by atoms with E-state index in [-0.39, 0.29) is 12.4 Å². The Kier molecular flexibility index (Phi) is 9.57. The van der Waals surface area contributed by atoms with E-state index in [2.05, 4.69) is 17.4 Å². The summed E-state index contributed by atoms with van der Waals surface area (Å²) in [7, 11) is 3.78. The molecule has 2 N–H and O–H groups in total. The maximum Gasteiger partial charge on any atom is 0.291 e. The fourth-order valence-electron chi connectivity index (χ4n) is 0.627. The van der Waals surface area contributed by atoms with Gasteiger partial charge in [0.2, 0.25) is 0 Å². The smallest absolute Gasteiger partial charge is 0.291 e. The van der Waals surface area contributed by atoms with Crippen LogP contribution in [0.1, 0.15) is 13.3 Å². The largest absolute Gasteiger partial charge is 1.00 e. The van der Waals surface area contributed by atoms with Crippen LogP contribution in [0.3, 0.4) is 0 Å². The van der Waals surface area contributed by atoms with Crippen molar-refractivity contribution in [3.63, 3.8) is 0 Å². The summed E-state index contributed by atoms with van der Waals surface area (Å²) in [5.41, 5.74) is 0. The Balaban J connectivity index is 0. The molecule has 0 amide bonds. The van der Waals surface area contributed by atoms with Gasteiger partial charge in [-0.05, 0) is 6.42 Å². The van der Waals surface area contributed by atoms with Crippen LogP contribution >= 0.6 is 0 Å². The lowest BCUT2D eigenvalue weighted by molar-refractivity contribution is -0.464. The minimum Gasteiger partial charge on any atom is -1.00 e. The topological polar surface area (TPSA) is 47.6 Å². The van der Waals surface area contributed by atoms with Crippen molar-refractivity contribution in [1.29, 1.82) is 0 Å². The molecule has 0 atom stereocenters. The standard InChI is InChI=1S/C7H15N3O.ClH/c1-4-5-8-7(6-9-11)10(2)3;/h6H,4-5H2,1-3H3,(H,8,11);1H. The maximum atomic E-state index is 8.27. The summed E-state index contributed by atoms with van der Waals surface area (Å²) in [5, 5.41) is 14.3. The molecule has 0 spiro atoms. The second-order valence-corrected chi connectivity index (χ2v) is 2.45. The van der Waals surface area contributed by atoms with Crippen LogP contribution in [0, 0.1) is 0 Å². The van der Waals surface area contributed by atoms with E-state index in [0.717, 1.165) is 18.8 Å². The Morgan fingerprint density at radius 3 is 2.50 bits per heavy atom. The van der Waals surface area contributed by atoms with Crippen LogP contribution in [0.4, 0.5) is 0 Å². The van der Waals surface area contributed by atoms with Gasteiger partial charge >= 0.3 is 0 Å². The number of rotatable bonds is 3. The van der Waals surface area contributed by atoms with Gasteiger partial charge in [-0.25, -0.2) is 0 Å². The molecule has 5 heteroatoms. The molecule has 0 aliphatic rings. The van der Waals surface area contributed by atoms with Crippen LogP contribution in [0.15, 0.2) is 5.16 Å². The van der Waals surface area contributed by atoms with Crippen molar-refractivity contribution in [2.24, 2.45) is 5.16 Å². The van der Waals surface area contributed by atoms with Crippen molar-refractivity contribution in [2.75, 3.05) is 20.6 Å². The van der Waals surface area contributed by atoms with Crippen LogP contribution in [0.5, 0.6) is 0 Å². The highest BCUT2D eigenvalue weighted by molar-refractivity contribution is 6.26. The van der Waals surface area contributed by atoms with E-state index in [1.54, 1.807) is 0 Å². The van der Waals surface area contributed by atoms with Gasteiger partial charge in [0.15, 0.2) is 6.21 Å². The molecule has 12 heavy (non-hydrogen) atoms. The lowest BCUT2D eigenvalue weighted by Crippen LogP contribution is -3.00. The number of hydrogen-bond acceptors (Lipinski definition) is 2. The Hall–Kier alpha value is -0.770. The third kappa shape index (κ3) is 5.97. The predicted molar refractivity (Wildman–Crippen MR) is 45.7 cm³/mol. The van der Waals surface area contributed by atoms with Crippen LogP contribution in [0.25, 0.3) is 0 Å². The van der Waals surface area contributed by atoms with Gasteiger partial charge in [0.1, 0.15) is 0 Å². The molecule has 0 aromatic carbocycles. The van der Waals surface area contributed by atoms with Gasteiger partial charge in [-0.1, -0.05) is 12.1 Å². The molecule has 0 aromatic heterocycles. The molecule has 0 aliphatic carbocycles. The number of nitrogens with zero attached hydrogens (tertiary/aromatic N) is 2. The molecule has 0 radical (unpaired) electrons. The van der Waals surface area contributed by atoms with Crippen molar-refractivity contribution >= 4 is 12.1 Å². The van der Waals surface area contributed by atoms with Crippen LogP contribution in [-0.4, -0.2) is 42.5 Å². The maximum absolute atomic E-state index is 8.27. The molecule has 0 heterocycles. The van der Waals surface area contributed by atoms with Crippen LogP contribution in [0.2, 0.25) is 0 Å². The molecule has 0 fully saturated rings. The van der Waals surface area contributed by atoms with Gasteiger partial charge in [0.25, 0.3) is 5.84 Å². The molecule has 0 unspecified atom stereocenters. The van der Waals surface area contributed by atoms with E-state index >= 15 is 0 Å². The zero-order chi connectivity index (χ0) is 8.69. The first-order chi connectivity index (χ1) is 5.22. The SMILES string of the molecule is CCCNC(/C=N/O)=[N+](C)C.[Cl-]. The highest BCUT2D eigenvalue weighted by atomic mass is 35.5. The monoisotopic (exact) mass is 193 g/mol. The first-order valence-electron chi connectivity index (χ1n) is 3.68. The third-order valence-electron chi connectivity index (χ3n) is 1.22. The van der Waals surface area contributed by atoms with Gasteiger partial charge in [-0.15, -0.1) is 0 Å². The second-order valence-electron chi connectivity index (χ2n) is 2.45. The Morgan fingerprint density at radius 2 is 2.17 bits per heavy atom. The number of hydrogen-bond donors (Lipinski definition) is 2. The zero-order valence-corrected chi connectivity index (χ0v) is 8.47. The lowest BCUT2D eigenvalue weighted by atomic mass is 10.4. The minimum absolute atomic E-state index is 0. The van der Waals surface area contributed by atoms with E-state index < -0.39 is 0 Å². The summed E-state index contributed by atoms with van der Waals surface area (Å²) >= 11 is 0.